The van der Waals surface area contributed by atoms with Crippen LogP contribution in [0, 0.1) is 0 Å². The minimum absolute atomic E-state index is 0.00000236. The predicted molar refractivity (Wildman–Crippen MR) is 53.6 cm³/mol. The predicted octanol–water partition coefficient (Wildman–Crippen LogP) is 2.73. The Bertz CT molecular complexity index is 410. The zero-order valence-electron chi connectivity index (χ0n) is 9.68. The van der Waals surface area contributed by atoms with Gasteiger partial charge in [-0.05, 0) is 6.92 Å². The van der Waals surface area contributed by atoms with Crippen LogP contribution in [0.3, 0.4) is 0 Å². The highest BCUT2D eigenvalue weighted by molar-refractivity contribution is 5.88. The van der Waals surface area contributed by atoms with Crippen molar-refractivity contribution in [1.82, 2.24) is 9.97 Å². The van der Waals surface area contributed by atoms with E-state index in [-0.39, 0.29) is 18.3 Å². The van der Waals surface area contributed by atoms with Gasteiger partial charge in [0.25, 0.3) is 0 Å². The van der Waals surface area contributed by atoms with Crippen molar-refractivity contribution >= 4 is 5.97 Å². The Morgan fingerprint density at radius 3 is 2.47 bits per heavy atom. The molecule has 0 saturated carbocycles. The van der Waals surface area contributed by atoms with Crippen LogP contribution in [0.4, 0.5) is 13.2 Å². The first-order valence-electron chi connectivity index (χ1n) is 5.11. The molecule has 1 heterocycles. The minimum Gasteiger partial charge on any atom is -0.461 e. The van der Waals surface area contributed by atoms with Crippen LogP contribution in [0.25, 0.3) is 0 Å². The maximum Gasteiger partial charge on any atom is 0.433 e. The van der Waals surface area contributed by atoms with Crippen molar-refractivity contribution in [3.63, 3.8) is 0 Å². The Morgan fingerprint density at radius 2 is 2.06 bits per heavy atom. The standard InChI is InChI=1S/C10H13F3N2O2/c1-4-17-9(16)6-7(10(11,12)13)15-8(14-6)5(2)3/h5H,4H2,1-3H3,(H,14,15). The van der Waals surface area contributed by atoms with Gasteiger partial charge in [0.1, 0.15) is 5.82 Å². The van der Waals surface area contributed by atoms with E-state index in [9.17, 15) is 18.0 Å². The van der Waals surface area contributed by atoms with E-state index in [1.165, 1.54) is 6.92 Å². The number of rotatable bonds is 3. The zero-order valence-corrected chi connectivity index (χ0v) is 9.68. The molecule has 96 valence electrons. The summed E-state index contributed by atoms with van der Waals surface area (Å²) in [6.45, 7) is 4.86. The van der Waals surface area contributed by atoms with Crippen molar-refractivity contribution in [3.05, 3.63) is 17.2 Å². The SMILES string of the molecule is CCOC(=O)c1nc(C(C)C)[nH]c1C(F)(F)F. The average Bonchev–Trinajstić information content (AvgIpc) is 2.61. The zero-order chi connectivity index (χ0) is 13.2. The summed E-state index contributed by atoms with van der Waals surface area (Å²) in [4.78, 5) is 17.1. The summed E-state index contributed by atoms with van der Waals surface area (Å²) < 4.78 is 42.5. The Labute approximate surface area is 96.2 Å². The largest absolute Gasteiger partial charge is 0.461 e. The second-order valence-electron chi connectivity index (χ2n) is 3.72. The van der Waals surface area contributed by atoms with E-state index >= 15 is 0 Å². The Hall–Kier alpha value is -1.53. The van der Waals surface area contributed by atoms with E-state index in [4.69, 9.17) is 0 Å². The molecule has 7 heteroatoms. The van der Waals surface area contributed by atoms with Crippen molar-refractivity contribution in [2.75, 3.05) is 6.61 Å². The van der Waals surface area contributed by atoms with Crippen LogP contribution in [-0.4, -0.2) is 22.5 Å². The van der Waals surface area contributed by atoms with Gasteiger partial charge >= 0.3 is 12.1 Å². The number of nitrogens with zero attached hydrogens (tertiary/aromatic N) is 1. The number of alkyl halides is 3. The van der Waals surface area contributed by atoms with E-state index < -0.39 is 23.5 Å². The van der Waals surface area contributed by atoms with Gasteiger partial charge in [-0.25, -0.2) is 9.78 Å². The van der Waals surface area contributed by atoms with Crippen molar-refractivity contribution < 1.29 is 22.7 Å². The number of hydrogen-bond donors (Lipinski definition) is 1. The molecule has 0 saturated heterocycles. The van der Waals surface area contributed by atoms with Gasteiger partial charge in [-0.1, -0.05) is 13.8 Å². The number of aromatic amines is 1. The number of carbonyl (C=O) groups excluding carboxylic acids is 1. The van der Waals surface area contributed by atoms with E-state index in [0.29, 0.717) is 0 Å². The molecule has 0 aliphatic heterocycles. The van der Waals surface area contributed by atoms with Gasteiger partial charge in [0.05, 0.1) is 6.61 Å². The lowest BCUT2D eigenvalue weighted by atomic mass is 10.2. The second-order valence-corrected chi connectivity index (χ2v) is 3.72. The van der Waals surface area contributed by atoms with E-state index in [1.807, 2.05) is 0 Å². The summed E-state index contributed by atoms with van der Waals surface area (Å²) in [7, 11) is 0. The van der Waals surface area contributed by atoms with Gasteiger partial charge in [0.15, 0.2) is 11.4 Å². The molecule has 0 bridgehead atoms. The van der Waals surface area contributed by atoms with Crippen molar-refractivity contribution in [2.24, 2.45) is 0 Å². The first-order chi connectivity index (χ1) is 7.77. The van der Waals surface area contributed by atoms with Gasteiger partial charge in [0, 0.05) is 5.92 Å². The molecule has 4 nitrogen and oxygen atoms in total. The van der Waals surface area contributed by atoms with E-state index in [0.717, 1.165) is 0 Å². The Balaban J connectivity index is 3.22. The number of aromatic nitrogens is 2. The molecule has 1 N–H and O–H groups in total. The van der Waals surface area contributed by atoms with Crippen LogP contribution in [0.1, 0.15) is 48.7 Å². The summed E-state index contributed by atoms with van der Waals surface area (Å²) in [5, 5.41) is 0. The van der Waals surface area contributed by atoms with Crippen molar-refractivity contribution in [1.29, 1.82) is 0 Å². The molecule has 1 aromatic rings. The molecular weight excluding hydrogens is 237 g/mol. The highest BCUT2D eigenvalue weighted by Gasteiger charge is 2.39. The third-order valence-electron chi connectivity index (χ3n) is 2.02. The number of hydrogen-bond acceptors (Lipinski definition) is 3. The summed E-state index contributed by atoms with van der Waals surface area (Å²) >= 11 is 0. The maximum atomic E-state index is 12.6. The van der Waals surface area contributed by atoms with E-state index in [1.54, 1.807) is 13.8 Å². The monoisotopic (exact) mass is 250 g/mol. The van der Waals surface area contributed by atoms with Crippen molar-refractivity contribution in [2.45, 2.75) is 32.9 Å². The number of esters is 1. The molecule has 1 rings (SSSR count). The smallest absolute Gasteiger partial charge is 0.433 e. The molecule has 0 aliphatic rings. The average molecular weight is 250 g/mol. The lowest BCUT2D eigenvalue weighted by molar-refractivity contribution is -0.141. The minimum atomic E-state index is -4.65. The molecule has 17 heavy (non-hydrogen) atoms. The highest BCUT2D eigenvalue weighted by atomic mass is 19.4. The fraction of sp³-hybridized carbons (Fsp3) is 0.600. The fourth-order valence-corrected chi connectivity index (χ4v) is 1.22. The molecule has 0 aromatic carbocycles. The number of imidazole rings is 1. The van der Waals surface area contributed by atoms with Gasteiger partial charge in [-0.3, -0.25) is 0 Å². The quantitative estimate of drug-likeness (QED) is 0.839. The first-order valence-corrected chi connectivity index (χ1v) is 5.11. The molecule has 0 atom stereocenters. The second kappa shape index (κ2) is 4.77. The van der Waals surface area contributed by atoms with Crippen LogP contribution in [0.15, 0.2) is 0 Å². The lowest BCUT2D eigenvalue weighted by Gasteiger charge is -2.05. The van der Waals surface area contributed by atoms with Gasteiger partial charge in [-0.2, -0.15) is 13.2 Å². The Kier molecular flexibility index (Phi) is 3.79. The van der Waals surface area contributed by atoms with Crippen LogP contribution in [-0.2, 0) is 10.9 Å². The molecule has 0 amide bonds. The summed E-state index contributed by atoms with van der Waals surface area (Å²) in [6.07, 6.45) is -4.65. The topological polar surface area (TPSA) is 55.0 Å². The molecule has 0 fully saturated rings. The van der Waals surface area contributed by atoms with Crippen LogP contribution in [0.2, 0.25) is 0 Å². The molecule has 1 aromatic heterocycles. The van der Waals surface area contributed by atoms with Crippen molar-refractivity contribution in [3.8, 4) is 0 Å². The number of nitrogens with one attached hydrogen (secondary N) is 1. The van der Waals surface area contributed by atoms with Crippen LogP contribution < -0.4 is 0 Å². The summed E-state index contributed by atoms with van der Waals surface area (Å²) in [5.74, 6) is -1.19. The molecule has 0 unspecified atom stereocenters. The molecule has 0 spiro atoms. The first kappa shape index (κ1) is 13.5. The number of carbonyl (C=O) groups is 1. The van der Waals surface area contributed by atoms with Gasteiger partial charge < -0.3 is 9.72 Å². The van der Waals surface area contributed by atoms with Crippen LogP contribution in [0.5, 0.6) is 0 Å². The fourth-order valence-electron chi connectivity index (χ4n) is 1.22. The van der Waals surface area contributed by atoms with Gasteiger partial charge in [-0.15, -0.1) is 0 Å². The molecule has 0 radical (unpaired) electrons. The normalized spacial score (nSPS) is 11.9. The number of halogens is 3. The molecule has 0 aliphatic carbocycles. The highest BCUT2D eigenvalue weighted by Crippen LogP contribution is 2.31. The lowest BCUT2D eigenvalue weighted by Crippen LogP contribution is -2.15. The van der Waals surface area contributed by atoms with E-state index in [2.05, 4.69) is 14.7 Å². The third-order valence-corrected chi connectivity index (χ3v) is 2.02. The third kappa shape index (κ3) is 2.98. The number of ether oxygens (including phenoxy) is 1. The summed E-state index contributed by atoms with van der Waals surface area (Å²) in [5.41, 5.74) is -1.86. The maximum absolute atomic E-state index is 12.6. The number of H-pyrrole nitrogens is 1. The van der Waals surface area contributed by atoms with Crippen LogP contribution >= 0.6 is 0 Å². The Morgan fingerprint density at radius 1 is 1.47 bits per heavy atom. The van der Waals surface area contributed by atoms with Gasteiger partial charge in [0.2, 0.25) is 0 Å². The molecular formula is C10H13F3N2O2. The summed E-state index contributed by atoms with van der Waals surface area (Å²) in [6, 6.07) is 0.